The van der Waals surface area contributed by atoms with Crippen LogP contribution in [0.5, 0.6) is 0 Å². The third-order valence-electron chi connectivity index (χ3n) is 5.43. The molecule has 1 aliphatic carbocycles. The van der Waals surface area contributed by atoms with Gasteiger partial charge in [0, 0.05) is 38.4 Å². The van der Waals surface area contributed by atoms with E-state index in [9.17, 15) is 0 Å². The highest BCUT2D eigenvalue weighted by molar-refractivity contribution is 7.71. The van der Waals surface area contributed by atoms with Gasteiger partial charge in [-0.25, -0.2) is 9.67 Å². The van der Waals surface area contributed by atoms with Crippen molar-refractivity contribution in [3.05, 3.63) is 46.2 Å². The van der Waals surface area contributed by atoms with E-state index in [4.69, 9.17) is 22.6 Å². The summed E-state index contributed by atoms with van der Waals surface area (Å²) in [6.07, 6.45) is 4.08. The molecule has 29 heavy (non-hydrogen) atoms. The Hall–Kier alpha value is -2.54. The fourth-order valence-electron chi connectivity index (χ4n) is 3.72. The average Bonchev–Trinajstić information content (AvgIpc) is 3.34. The molecular weight excluding hydrogens is 402 g/mol. The second-order valence-electron chi connectivity index (χ2n) is 7.45. The summed E-state index contributed by atoms with van der Waals surface area (Å²) in [7, 11) is 0. The second kappa shape index (κ2) is 7.71. The number of nitriles is 1. The summed E-state index contributed by atoms with van der Waals surface area (Å²) >= 11 is 7.50. The van der Waals surface area contributed by atoms with E-state index in [0.717, 1.165) is 42.6 Å². The summed E-state index contributed by atoms with van der Waals surface area (Å²) in [5, 5.41) is 16.1. The maximum atomic E-state index is 9.10. The molecule has 5 rings (SSSR count). The number of piperazine rings is 1. The molecule has 0 bridgehead atoms. The van der Waals surface area contributed by atoms with Crippen LogP contribution in [-0.4, -0.2) is 50.4 Å². The molecule has 4 heterocycles. The Bertz CT molecular complexity index is 1100. The Morgan fingerprint density at radius 2 is 2.03 bits per heavy atom. The van der Waals surface area contributed by atoms with Crippen molar-refractivity contribution in [3.63, 3.8) is 0 Å². The third kappa shape index (κ3) is 3.71. The Morgan fingerprint density at radius 3 is 2.72 bits per heavy atom. The SMILES string of the molecule is N#Cc1ccnc(N2CCN(Cn3nc(-c4cccs4)n(C4CC4)c3=S)CC2)c1. The topological polar surface area (TPSA) is 65.9 Å². The molecule has 2 aliphatic rings. The van der Waals surface area contributed by atoms with Crippen LogP contribution in [0.15, 0.2) is 35.8 Å². The number of aromatic nitrogens is 4. The predicted molar refractivity (Wildman–Crippen MR) is 115 cm³/mol. The summed E-state index contributed by atoms with van der Waals surface area (Å²) in [6, 6.07) is 10.5. The number of nitrogens with zero attached hydrogens (tertiary/aromatic N) is 7. The summed E-state index contributed by atoms with van der Waals surface area (Å²) < 4.78 is 5.04. The zero-order chi connectivity index (χ0) is 19.8. The minimum Gasteiger partial charge on any atom is -0.354 e. The van der Waals surface area contributed by atoms with Gasteiger partial charge in [0.2, 0.25) is 0 Å². The molecule has 1 saturated carbocycles. The van der Waals surface area contributed by atoms with E-state index in [2.05, 4.69) is 42.9 Å². The minimum absolute atomic E-state index is 0.503. The number of pyridine rings is 1. The third-order valence-corrected chi connectivity index (χ3v) is 6.70. The van der Waals surface area contributed by atoms with Crippen LogP contribution in [0.4, 0.5) is 5.82 Å². The summed E-state index contributed by atoms with van der Waals surface area (Å²) in [6.45, 7) is 4.26. The Labute approximate surface area is 178 Å². The molecule has 0 amide bonds. The first-order chi connectivity index (χ1) is 14.2. The molecule has 0 atom stereocenters. The molecule has 0 radical (unpaired) electrons. The van der Waals surface area contributed by atoms with Gasteiger partial charge in [-0.3, -0.25) is 9.47 Å². The van der Waals surface area contributed by atoms with Crippen molar-refractivity contribution in [1.29, 1.82) is 5.26 Å². The van der Waals surface area contributed by atoms with E-state index in [-0.39, 0.29) is 0 Å². The smallest absolute Gasteiger partial charge is 0.199 e. The summed E-state index contributed by atoms with van der Waals surface area (Å²) in [4.78, 5) is 10.2. The molecule has 3 aromatic heterocycles. The largest absolute Gasteiger partial charge is 0.354 e. The van der Waals surface area contributed by atoms with Crippen LogP contribution in [0.25, 0.3) is 10.7 Å². The van der Waals surface area contributed by atoms with Gasteiger partial charge < -0.3 is 4.90 Å². The normalized spacial score (nSPS) is 17.4. The van der Waals surface area contributed by atoms with Crippen molar-refractivity contribution in [2.24, 2.45) is 0 Å². The fraction of sp³-hybridized carbons (Fsp3) is 0.400. The number of anilines is 1. The number of hydrogen-bond acceptors (Lipinski definition) is 7. The molecule has 2 fully saturated rings. The van der Waals surface area contributed by atoms with Gasteiger partial charge >= 0.3 is 0 Å². The molecule has 0 unspecified atom stereocenters. The van der Waals surface area contributed by atoms with Crippen LogP contribution in [0.2, 0.25) is 0 Å². The fourth-order valence-corrected chi connectivity index (χ4v) is 4.76. The van der Waals surface area contributed by atoms with Crippen LogP contribution < -0.4 is 4.90 Å². The summed E-state index contributed by atoms with van der Waals surface area (Å²) in [5.74, 6) is 1.88. The van der Waals surface area contributed by atoms with Crippen molar-refractivity contribution < 1.29 is 0 Å². The highest BCUT2D eigenvalue weighted by Crippen LogP contribution is 2.39. The van der Waals surface area contributed by atoms with Gasteiger partial charge in [-0.2, -0.15) is 5.26 Å². The quantitative estimate of drug-likeness (QED) is 0.585. The lowest BCUT2D eigenvalue weighted by Crippen LogP contribution is -2.47. The molecule has 7 nitrogen and oxygen atoms in total. The lowest BCUT2D eigenvalue weighted by molar-refractivity contribution is 0.194. The first-order valence-corrected chi connectivity index (χ1v) is 11.1. The van der Waals surface area contributed by atoms with Crippen molar-refractivity contribution >= 4 is 29.4 Å². The first-order valence-electron chi connectivity index (χ1n) is 9.79. The molecule has 3 aromatic rings. The Morgan fingerprint density at radius 1 is 1.21 bits per heavy atom. The zero-order valence-corrected chi connectivity index (χ0v) is 17.6. The van der Waals surface area contributed by atoms with Gasteiger partial charge in [-0.1, -0.05) is 6.07 Å². The first kappa shape index (κ1) is 18.5. The van der Waals surface area contributed by atoms with Crippen molar-refractivity contribution in [1.82, 2.24) is 24.2 Å². The monoisotopic (exact) mass is 423 g/mol. The molecule has 0 N–H and O–H groups in total. The standard InChI is InChI=1S/C20H21N7S2/c21-13-15-5-6-22-18(12-15)25-9-7-24(8-10-25)14-26-20(28)27(16-3-4-16)19(23-26)17-2-1-11-29-17/h1-2,5-6,11-12,16H,3-4,7-10,14H2. The molecular formula is C20H21N7S2. The molecule has 1 aliphatic heterocycles. The van der Waals surface area contributed by atoms with Crippen molar-refractivity contribution in [3.8, 4) is 16.8 Å². The maximum Gasteiger partial charge on any atom is 0.199 e. The molecule has 148 valence electrons. The number of rotatable bonds is 5. The van der Waals surface area contributed by atoms with E-state index in [0.29, 0.717) is 18.3 Å². The van der Waals surface area contributed by atoms with Crippen molar-refractivity contribution in [2.75, 3.05) is 31.1 Å². The second-order valence-corrected chi connectivity index (χ2v) is 8.76. The van der Waals surface area contributed by atoms with E-state index in [1.807, 2.05) is 10.7 Å². The number of thiophene rings is 1. The van der Waals surface area contributed by atoms with E-state index in [1.165, 1.54) is 17.7 Å². The summed E-state index contributed by atoms with van der Waals surface area (Å²) in [5.41, 5.74) is 0.649. The average molecular weight is 424 g/mol. The van der Waals surface area contributed by atoms with E-state index in [1.54, 1.807) is 23.6 Å². The van der Waals surface area contributed by atoms with Crippen LogP contribution in [-0.2, 0) is 6.67 Å². The van der Waals surface area contributed by atoms with E-state index < -0.39 is 0 Å². The Balaban J connectivity index is 1.30. The Kier molecular flexibility index (Phi) is 4.91. The van der Waals surface area contributed by atoms with Crippen LogP contribution in [0.1, 0.15) is 24.4 Å². The highest BCUT2D eigenvalue weighted by atomic mass is 32.1. The predicted octanol–water partition coefficient (Wildman–Crippen LogP) is 3.52. The molecule has 0 aromatic carbocycles. The van der Waals surface area contributed by atoms with E-state index >= 15 is 0 Å². The lowest BCUT2D eigenvalue weighted by Gasteiger charge is -2.35. The lowest BCUT2D eigenvalue weighted by atomic mass is 10.2. The zero-order valence-electron chi connectivity index (χ0n) is 15.9. The van der Waals surface area contributed by atoms with Gasteiger partial charge in [0.05, 0.1) is 23.2 Å². The van der Waals surface area contributed by atoms with Gasteiger partial charge in [0.1, 0.15) is 5.82 Å². The van der Waals surface area contributed by atoms with Gasteiger partial charge in [0.25, 0.3) is 0 Å². The van der Waals surface area contributed by atoms with Crippen LogP contribution in [0, 0.1) is 16.1 Å². The van der Waals surface area contributed by atoms with Gasteiger partial charge in [-0.15, -0.1) is 16.4 Å². The van der Waals surface area contributed by atoms with Gasteiger partial charge in [0.15, 0.2) is 10.6 Å². The minimum atomic E-state index is 0.503. The molecule has 9 heteroatoms. The molecule has 1 saturated heterocycles. The van der Waals surface area contributed by atoms with Gasteiger partial charge in [-0.05, 0) is 48.6 Å². The molecule has 0 spiro atoms. The maximum absolute atomic E-state index is 9.10. The van der Waals surface area contributed by atoms with Crippen LogP contribution in [0.3, 0.4) is 0 Å². The van der Waals surface area contributed by atoms with Crippen LogP contribution >= 0.6 is 23.6 Å². The van der Waals surface area contributed by atoms with Crippen molar-refractivity contribution in [2.45, 2.75) is 25.6 Å². The number of hydrogen-bond donors (Lipinski definition) is 0. The highest BCUT2D eigenvalue weighted by Gasteiger charge is 2.30.